The summed E-state index contributed by atoms with van der Waals surface area (Å²) in [5.41, 5.74) is 5.96. The molecular weight excluding hydrogens is 450 g/mol. The molecule has 177 valence electrons. The number of likely N-dealkylation sites (tertiary alicyclic amines) is 1. The Balaban J connectivity index is 0.00000385. The Labute approximate surface area is 198 Å². The molecule has 33 heavy (non-hydrogen) atoms. The van der Waals surface area contributed by atoms with E-state index in [0.29, 0.717) is 30.8 Å². The van der Waals surface area contributed by atoms with Gasteiger partial charge >= 0.3 is 6.03 Å². The van der Waals surface area contributed by atoms with Crippen molar-refractivity contribution in [2.75, 3.05) is 27.3 Å². The number of carbonyl (C=O) groups is 3. The van der Waals surface area contributed by atoms with Crippen molar-refractivity contribution in [2.24, 2.45) is 5.73 Å². The maximum absolute atomic E-state index is 13.0. The Morgan fingerprint density at radius 1 is 1.06 bits per heavy atom. The third-order valence-electron chi connectivity index (χ3n) is 5.34. The molecule has 0 aliphatic carbocycles. The molecule has 2 aromatic carbocycles. The summed E-state index contributed by atoms with van der Waals surface area (Å²) >= 11 is 0. The molecule has 3 amide bonds. The number of aromatic hydroxyl groups is 1. The summed E-state index contributed by atoms with van der Waals surface area (Å²) in [6, 6.07) is 8.31. The second-order valence-corrected chi connectivity index (χ2v) is 7.34. The summed E-state index contributed by atoms with van der Waals surface area (Å²) in [7, 11) is 2.82. The zero-order valence-corrected chi connectivity index (χ0v) is 19.2. The van der Waals surface area contributed by atoms with Gasteiger partial charge in [0.1, 0.15) is 11.3 Å². The third-order valence-corrected chi connectivity index (χ3v) is 5.34. The van der Waals surface area contributed by atoms with Gasteiger partial charge in [0.25, 0.3) is 5.91 Å². The van der Waals surface area contributed by atoms with Gasteiger partial charge in [0.2, 0.25) is 5.78 Å². The lowest BCUT2D eigenvalue weighted by molar-refractivity contribution is 0.0939. The average molecular weight is 477 g/mol. The number of nitrogens with two attached hydrogens (primary N) is 1. The van der Waals surface area contributed by atoms with Crippen LogP contribution in [0, 0.1) is 6.42 Å². The predicted molar refractivity (Wildman–Crippen MR) is 124 cm³/mol. The van der Waals surface area contributed by atoms with Crippen molar-refractivity contribution in [3.8, 4) is 17.2 Å². The number of nitrogens with zero attached hydrogens (tertiary/aromatic N) is 1. The second kappa shape index (κ2) is 11.4. The van der Waals surface area contributed by atoms with Gasteiger partial charge < -0.3 is 30.5 Å². The molecule has 0 unspecified atom stereocenters. The minimum Gasteiger partial charge on any atom is -0.507 e. The molecular formula is C23H27ClN3O6. The van der Waals surface area contributed by atoms with Crippen molar-refractivity contribution >= 4 is 30.1 Å². The van der Waals surface area contributed by atoms with E-state index >= 15 is 0 Å². The van der Waals surface area contributed by atoms with E-state index in [1.807, 2.05) is 6.42 Å². The number of rotatable bonds is 6. The molecule has 0 aromatic heterocycles. The molecule has 1 radical (unpaired) electrons. The Kier molecular flexibility index (Phi) is 8.93. The molecule has 0 saturated carbocycles. The summed E-state index contributed by atoms with van der Waals surface area (Å²) in [6.45, 7) is 0.926. The SMILES string of the molecule is COc1ccc(O)c(C(=O)c2ccc(C(=O)N[C@@H]3[CH]CN(C(N)=O)CCC3)cc2)c1OC.Cl. The Hall–Kier alpha value is -3.46. The number of hydrogen-bond donors (Lipinski definition) is 3. The van der Waals surface area contributed by atoms with Crippen LogP contribution in [-0.4, -0.2) is 61.1 Å². The molecule has 2 aromatic rings. The monoisotopic (exact) mass is 476 g/mol. The van der Waals surface area contributed by atoms with Crippen LogP contribution in [0.3, 0.4) is 0 Å². The second-order valence-electron chi connectivity index (χ2n) is 7.34. The zero-order valence-electron chi connectivity index (χ0n) is 18.4. The first-order chi connectivity index (χ1) is 15.3. The van der Waals surface area contributed by atoms with E-state index in [1.165, 1.54) is 43.4 Å². The molecule has 0 bridgehead atoms. The van der Waals surface area contributed by atoms with Gasteiger partial charge in [0.15, 0.2) is 11.5 Å². The number of nitrogens with one attached hydrogen (secondary N) is 1. The zero-order chi connectivity index (χ0) is 23.3. The van der Waals surface area contributed by atoms with Gasteiger partial charge in [-0.15, -0.1) is 12.4 Å². The highest BCUT2D eigenvalue weighted by molar-refractivity contribution is 6.13. The van der Waals surface area contributed by atoms with Crippen molar-refractivity contribution < 1.29 is 29.0 Å². The average Bonchev–Trinajstić information content (AvgIpc) is 3.04. The summed E-state index contributed by atoms with van der Waals surface area (Å²) < 4.78 is 10.5. The number of hydrogen-bond acceptors (Lipinski definition) is 6. The third kappa shape index (κ3) is 5.87. The van der Waals surface area contributed by atoms with Crippen molar-refractivity contribution in [3.05, 3.63) is 59.5 Å². The molecule has 1 atom stereocenters. The van der Waals surface area contributed by atoms with E-state index in [0.717, 1.165) is 6.42 Å². The lowest BCUT2D eigenvalue weighted by Crippen LogP contribution is -2.39. The highest BCUT2D eigenvalue weighted by Crippen LogP contribution is 2.38. The van der Waals surface area contributed by atoms with Crippen molar-refractivity contribution in [1.82, 2.24) is 10.2 Å². The van der Waals surface area contributed by atoms with E-state index < -0.39 is 11.8 Å². The molecule has 1 aliphatic heterocycles. The van der Waals surface area contributed by atoms with Crippen LogP contribution in [-0.2, 0) is 0 Å². The number of halogens is 1. The molecule has 0 spiro atoms. The van der Waals surface area contributed by atoms with Gasteiger partial charge in [-0.3, -0.25) is 9.59 Å². The van der Waals surface area contributed by atoms with E-state index in [1.54, 1.807) is 12.1 Å². The van der Waals surface area contributed by atoms with Crippen molar-refractivity contribution in [1.29, 1.82) is 0 Å². The largest absolute Gasteiger partial charge is 0.507 e. The summed E-state index contributed by atoms with van der Waals surface area (Å²) in [4.78, 5) is 38.5. The Morgan fingerprint density at radius 2 is 1.73 bits per heavy atom. The number of phenolic OH excluding ortho intramolecular Hbond substituents is 1. The van der Waals surface area contributed by atoms with Gasteiger partial charge in [-0.05, 0) is 37.1 Å². The molecule has 1 heterocycles. The van der Waals surface area contributed by atoms with Gasteiger partial charge in [-0.2, -0.15) is 0 Å². The maximum Gasteiger partial charge on any atom is 0.314 e. The van der Waals surface area contributed by atoms with Crippen LogP contribution in [0.5, 0.6) is 17.2 Å². The number of methoxy groups -OCH3 is 2. The van der Waals surface area contributed by atoms with Gasteiger partial charge in [0.05, 0.1) is 14.2 Å². The minimum absolute atomic E-state index is 0. The smallest absolute Gasteiger partial charge is 0.314 e. The molecule has 1 fully saturated rings. The number of phenols is 1. The number of ketones is 1. The predicted octanol–water partition coefficient (Wildman–Crippen LogP) is 2.54. The Morgan fingerprint density at radius 3 is 2.33 bits per heavy atom. The van der Waals surface area contributed by atoms with Crippen LogP contribution in [0.4, 0.5) is 4.79 Å². The summed E-state index contributed by atoms with van der Waals surface area (Å²) in [6.07, 6.45) is 3.27. The first kappa shape index (κ1) is 25.8. The van der Waals surface area contributed by atoms with Crippen LogP contribution < -0.4 is 20.5 Å². The van der Waals surface area contributed by atoms with Gasteiger partial charge in [0, 0.05) is 36.7 Å². The number of carbonyl (C=O) groups excluding carboxylic acids is 3. The number of benzene rings is 2. The fourth-order valence-electron chi connectivity index (χ4n) is 3.60. The molecule has 4 N–H and O–H groups in total. The maximum atomic E-state index is 13.0. The van der Waals surface area contributed by atoms with Gasteiger partial charge in [-0.1, -0.05) is 12.1 Å². The highest BCUT2D eigenvalue weighted by Gasteiger charge is 2.24. The first-order valence-electron chi connectivity index (χ1n) is 10.1. The van der Waals surface area contributed by atoms with E-state index in [9.17, 15) is 19.5 Å². The van der Waals surface area contributed by atoms with Gasteiger partial charge in [-0.25, -0.2) is 4.79 Å². The van der Waals surface area contributed by atoms with Crippen molar-refractivity contribution in [2.45, 2.75) is 18.9 Å². The summed E-state index contributed by atoms with van der Waals surface area (Å²) in [5.74, 6) is -0.538. The fraction of sp³-hybridized carbons (Fsp3) is 0.304. The number of amides is 3. The van der Waals surface area contributed by atoms with Crippen LogP contribution in [0.25, 0.3) is 0 Å². The molecule has 3 rings (SSSR count). The molecule has 1 aliphatic rings. The number of urea groups is 1. The Bertz CT molecular complexity index is 1010. The molecule has 1 saturated heterocycles. The summed E-state index contributed by atoms with van der Waals surface area (Å²) in [5, 5.41) is 13.1. The van der Waals surface area contributed by atoms with E-state index in [2.05, 4.69) is 5.32 Å². The van der Waals surface area contributed by atoms with E-state index in [-0.39, 0.29) is 47.0 Å². The normalized spacial score (nSPS) is 15.6. The number of primary amides is 1. The highest BCUT2D eigenvalue weighted by atomic mass is 35.5. The van der Waals surface area contributed by atoms with Crippen molar-refractivity contribution in [3.63, 3.8) is 0 Å². The number of ether oxygens (including phenoxy) is 2. The minimum atomic E-state index is -0.479. The van der Waals surface area contributed by atoms with Crippen LogP contribution in [0.1, 0.15) is 39.1 Å². The topological polar surface area (TPSA) is 131 Å². The van der Waals surface area contributed by atoms with E-state index in [4.69, 9.17) is 15.2 Å². The fourth-order valence-corrected chi connectivity index (χ4v) is 3.60. The molecule has 9 nitrogen and oxygen atoms in total. The lowest BCUT2D eigenvalue weighted by atomic mass is 9.99. The van der Waals surface area contributed by atoms with Crippen LogP contribution >= 0.6 is 12.4 Å². The van der Waals surface area contributed by atoms with Crippen LogP contribution in [0.2, 0.25) is 0 Å². The van der Waals surface area contributed by atoms with Crippen LogP contribution in [0.15, 0.2) is 36.4 Å². The lowest BCUT2D eigenvalue weighted by Gasteiger charge is -2.18. The standard InChI is InChI=1S/C23H26N3O6.ClH/c1-31-18-10-9-17(27)19(21(18)32-2)20(28)14-5-7-15(8-6-14)22(29)25-16-4-3-12-26(13-11-16)23(24)30;/h5-11,16,27H,3-4,12-13H2,1-2H3,(H2,24,30)(H,25,29);1H/t16-;/m0./s1. The molecule has 10 heteroatoms. The first-order valence-corrected chi connectivity index (χ1v) is 10.1. The quantitative estimate of drug-likeness (QED) is 0.549.